The zero-order valence-electron chi connectivity index (χ0n) is 19.4. The van der Waals surface area contributed by atoms with Crippen molar-refractivity contribution in [2.24, 2.45) is 0 Å². The molecule has 0 bridgehead atoms. The quantitative estimate of drug-likeness (QED) is 0.548. The van der Waals surface area contributed by atoms with Crippen molar-refractivity contribution >= 4 is 39.2 Å². The molecule has 1 fully saturated rings. The number of benzene rings is 2. The lowest BCUT2D eigenvalue weighted by atomic mass is 9.86. The van der Waals surface area contributed by atoms with Gasteiger partial charge in [0, 0.05) is 30.1 Å². The predicted molar refractivity (Wildman–Crippen MR) is 128 cm³/mol. The summed E-state index contributed by atoms with van der Waals surface area (Å²) in [5.41, 5.74) is -0.348. The number of piperidine rings is 1. The fourth-order valence-electron chi connectivity index (χ4n) is 4.47. The van der Waals surface area contributed by atoms with Gasteiger partial charge in [0.15, 0.2) is 0 Å². The predicted octanol–water partition coefficient (Wildman–Crippen LogP) is 4.07. The van der Waals surface area contributed by atoms with Gasteiger partial charge in [-0.15, -0.1) is 11.8 Å². The average Bonchev–Trinajstić information content (AvgIpc) is 3.26. The molecule has 4 rings (SSSR count). The number of alkyl halides is 2. The van der Waals surface area contributed by atoms with Crippen LogP contribution < -0.4 is 4.90 Å². The molecule has 0 aliphatic carbocycles. The smallest absolute Gasteiger partial charge is 0.255 e. The van der Waals surface area contributed by atoms with Crippen molar-refractivity contribution < 1.29 is 31.7 Å². The Morgan fingerprint density at radius 3 is 2.58 bits per heavy atom. The van der Waals surface area contributed by atoms with Gasteiger partial charge in [0.2, 0.25) is 5.92 Å². The van der Waals surface area contributed by atoms with E-state index >= 15 is 0 Å². The highest BCUT2D eigenvalue weighted by atomic mass is 32.2. The van der Waals surface area contributed by atoms with Crippen LogP contribution in [0.4, 0.5) is 20.2 Å². The topological polar surface area (TPSA) is 125 Å². The van der Waals surface area contributed by atoms with Crippen LogP contribution in [0.15, 0.2) is 46.2 Å². The van der Waals surface area contributed by atoms with Crippen molar-refractivity contribution in [2.45, 2.75) is 53.9 Å². The van der Waals surface area contributed by atoms with Gasteiger partial charge in [-0.25, -0.2) is 17.2 Å². The maximum absolute atomic E-state index is 13.2. The van der Waals surface area contributed by atoms with E-state index in [1.165, 1.54) is 40.9 Å². The van der Waals surface area contributed by atoms with Gasteiger partial charge in [-0.3, -0.25) is 4.79 Å². The Balaban J connectivity index is 1.54. The normalized spacial score (nSPS) is 17.6. The second-order valence-corrected chi connectivity index (χ2v) is 11.5. The van der Waals surface area contributed by atoms with Gasteiger partial charge in [0.1, 0.15) is 16.2 Å². The molecule has 1 saturated heterocycles. The Hall–Kier alpha value is -2.72. The number of thioether (sulfide) groups is 1. The SMILES string of the molecule is CC(F)(F)CCC1(O)CCN(C(=O)c2ccc(N3CSc4cccc(S(=O)(=O)[O-])c43)cc2C#N)CC1. The summed E-state index contributed by atoms with van der Waals surface area (Å²) in [4.78, 5) is 16.5. The minimum atomic E-state index is -4.74. The summed E-state index contributed by atoms with van der Waals surface area (Å²) in [6.45, 7) is 1.14. The molecule has 0 radical (unpaired) electrons. The Labute approximate surface area is 212 Å². The largest absolute Gasteiger partial charge is 0.744 e. The lowest BCUT2D eigenvalue weighted by Crippen LogP contribution is -2.47. The lowest BCUT2D eigenvalue weighted by Gasteiger charge is -2.38. The molecule has 36 heavy (non-hydrogen) atoms. The molecule has 0 saturated carbocycles. The van der Waals surface area contributed by atoms with Gasteiger partial charge in [-0.1, -0.05) is 6.07 Å². The number of fused-ring (bicyclic) bond motifs is 1. The highest BCUT2D eigenvalue weighted by Gasteiger charge is 2.37. The van der Waals surface area contributed by atoms with Crippen molar-refractivity contribution in [3.8, 4) is 6.07 Å². The third-order valence-electron chi connectivity index (χ3n) is 6.53. The van der Waals surface area contributed by atoms with E-state index in [0.29, 0.717) is 16.5 Å². The third kappa shape index (κ3) is 5.49. The molecule has 12 heteroatoms. The number of aliphatic hydroxyl groups is 1. The van der Waals surface area contributed by atoms with E-state index in [1.54, 1.807) is 17.0 Å². The van der Waals surface area contributed by atoms with Crippen molar-refractivity contribution in [1.29, 1.82) is 5.26 Å². The molecule has 2 aliphatic heterocycles. The van der Waals surface area contributed by atoms with Crippen LogP contribution in [0.1, 0.15) is 48.5 Å². The number of hydrogen-bond donors (Lipinski definition) is 1. The number of likely N-dealkylation sites (tertiary alicyclic amines) is 1. The maximum Gasteiger partial charge on any atom is 0.255 e. The van der Waals surface area contributed by atoms with Gasteiger partial charge < -0.3 is 19.5 Å². The summed E-state index contributed by atoms with van der Waals surface area (Å²) in [6, 6.07) is 11.0. The number of amides is 1. The van der Waals surface area contributed by atoms with Crippen LogP contribution in [0.25, 0.3) is 0 Å². The van der Waals surface area contributed by atoms with E-state index in [1.807, 2.05) is 6.07 Å². The first-order valence-electron chi connectivity index (χ1n) is 11.2. The summed E-state index contributed by atoms with van der Waals surface area (Å²) in [5.74, 6) is -2.97. The number of para-hydroxylation sites is 1. The molecule has 0 spiro atoms. The molecule has 0 atom stereocenters. The standard InChI is InChI=1S/C24H25F2N3O5S2/c1-23(25,26)7-8-24(31)9-11-28(12-10-24)22(30)18-6-5-17(13-16(18)14-27)29-15-35-19-3-2-4-20(21(19)29)36(32,33)34/h2-6,13,31H,7-12,15H2,1H3,(H,32,33,34)/p-1. The van der Waals surface area contributed by atoms with Crippen molar-refractivity contribution in [1.82, 2.24) is 4.90 Å². The first-order chi connectivity index (χ1) is 16.8. The molecular weight excluding hydrogens is 512 g/mol. The molecule has 0 aromatic heterocycles. The number of carbonyl (C=O) groups excluding carboxylic acids is 1. The van der Waals surface area contributed by atoms with Crippen LogP contribution in [0.2, 0.25) is 0 Å². The van der Waals surface area contributed by atoms with E-state index in [2.05, 4.69) is 0 Å². The average molecular weight is 537 g/mol. The van der Waals surface area contributed by atoms with E-state index < -0.39 is 34.0 Å². The lowest BCUT2D eigenvalue weighted by molar-refractivity contribution is -0.0570. The van der Waals surface area contributed by atoms with Crippen molar-refractivity contribution in [3.05, 3.63) is 47.5 Å². The Kier molecular flexibility index (Phi) is 7.04. The van der Waals surface area contributed by atoms with Crippen LogP contribution in [-0.2, 0) is 10.1 Å². The fraction of sp³-hybridized carbons (Fsp3) is 0.417. The van der Waals surface area contributed by atoms with Gasteiger partial charge in [-0.05, 0) is 56.5 Å². The summed E-state index contributed by atoms with van der Waals surface area (Å²) in [5, 5.41) is 20.4. The highest BCUT2D eigenvalue weighted by molar-refractivity contribution is 8.00. The maximum atomic E-state index is 13.2. The Bertz CT molecular complexity index is 1330. The molecule has 1 amide bonds. The summed E-state index contributed by atoms with van der Waals surface area (Å²) < 4.78 is 61.8. The molecule has 2 aromatic rings. The zero-order valence-corrected chi connectivity index (χ0v) is 21.0. The van der Waals surface area contributed by atoms with Crippen LogP contribution >= 0.6 is 11.8 Å². The number of rotatable bonds is 6. The molecule has 2 aromatic carbocycles. The number of nitrogens with zero attached hydrogens (tertiary/aromatic N) is 3. The number of anilines is 2. The van der Waals surface area contributed by atoms with E-state index in [4.69, 9.17) is 0 Å². The van der Waals surface area contributed by atoms with Gasteiger partial charge >= 0.3 is 0 Å². The van der Waals surface area contributed by atoms with Crippen molar-refractivity contribution in [2.75, 3.05) is 23.9 Å². The van der Waals surface area contributed by atoms with Crippen LogP contribution in [0.5, 0.6) is 0 Å². The van der Waals surface area contributed by atoms with Crippen LogP contribution in [-0.4, -0.2) is 59.4 Å². The van der Waals surface area contributed by atoms with E-state index in [-0.39, 0.29) is 54.1 Å². The summed E-state index contributed by atoms with van der Waals surface area (Å²) >= 11 is 1.35. The number of nitriles is 1. The zero-order chi connectivity index (χ0) is 26.3. The molecule has 2 heterocycles. The Morgan fingerprint density at radius 2 is 1.97 bits per heavy atom. The number of carbonyl (C=O) groups is 1. The molecule has 2 aliphatic rings. The second kappa shape index (κ2) is 9.63. The first-order valence-corrected chi connectivity index (χ1v) is 13.6. The first kappa shape index (κ1) is 26.3. The number of hydrogen-bond acceptors (Lipinski definition) is 8. The summed E-state index contributed by atoms with van der Waals surface area (Å²) in [7, 11) is -4.74. The van der Waals surface area contributed by atoms with Crippen LogP contribution in [0, 0.1) is 11.3 Å². The minimum Gasteiger partial charge on any atom is -0.744 e. The number of halogens is 2. The third-order valence-corrected chi connectivity index (χ3v) is 8.42. The van der Waals surface area contributed by atoms with Gasteiger partial charge in [-0.2, -0.15) is 5.26 Å². The fourth-order valence-corrected chi connectivity index (χ4v) is 6.31. The monoisotopic (exact) mass is 536 g/mol. The van der Waals surface area contributed by atoms with Crippen molar-refractivity contribution in [3.63, 3.8) is 0 Å². The molecule has 1 N–H and O–H groups in total. The Morgan fingerprint density at radius 1 is 1.28 bits per heavy atom. The molecule has 192 valence electrons. The van der Waals surface area contributed by atoms with E-state index in [0.717, 1.165) is 6.92 Å². The minimum absolute atomic E-state index is 0.0624. The van der Waals surface area contributed by atoms with Gasteiger partial charge in [0.05, 0.1) is 33.2 Å². The highest BCUT2D eigenvalue weighted by Crippen LogP contribution is 2.46. The second-order valence-electron chi connectivity index (χ2n) is 9.19. The van der Waals surface area contributed by atoms with Crippen LogP contribution in [0.3, 0.4) is 0 Å². The summed E-state index contributed by atoms with van der Waals surface area (Å²) in [6.07, 6.45) is -0.191. The molecular formula is C24H24F2N3O5S2-. The van der Waals surface area contributed by atoms with E-state index in [9.17, 15) is 36.9 Å². The van der Waals surface area contributed by atoms with Gasteiger partial charge in [0.25, 0.3) is 5.91 Å². The molecule has 8 nitrogen and oxygen atoms in total. The molecule has 0 unspecified atom stereocenters.